The topological polar surface area (TPSA) is 142 Å². The van der Waals surface area contributed by atoms with E-state index in [0.29, 0.717) is 73.1 Å². The summed E-state index contributed by atoms with van der Waals surface area (Å²) < 4.78 is 40.3. The molecule has 0 radical (unpaired) electrons. The van der Waals surface area contributed by atoms with Gasteiger partial charge in [0.15, 0.2) is 18.1 Å². The van der Waals surface area contributed by atoms with Gasteiger partial charge in [0.05, 0.1) is 53.1 Å². The number of carbonyl (C=O) groups excluding carboxylic acids is 1. The molecule has 14 heteroatoms. The summed E-state index contributed by atoms with van der Waals surface area (Å²) in [7, 11) is 3.62. The first-order valence-corrected chi connectivity index (χ1v) is 19.6. The minimum absolute atomic E-state index is 0.0165. The first-order chi connectivity index (χ1) is 28.4. The molecule has 4 N–H and O–H groups in total. The molecule has 1 unspecified atom stereocenters. The predicted octanol–water partition coefficient (Wildman–Crippen LogP) is 8.40. The van der Waals surface area contributed by atoms with Gasteiger partial charge in [0.1, 0.15) is 11.6 Å². The van der Waals surface area contributed by atoms with E-state index in [1.54, 1.807) is 55.6 Å². The van der Waals surface area contributed by atoms with Crippen LogP contribution in [0.3, 0.4) is 0 Å². The Morgan fingerprint density at radius 3 is 1.95 bits per heavy atom. The fourth-order valence-corrected chi connectivity index (χ4v) is 7.66. The number of fused-ring (bicyclic) bond motifs is 2. The van der Waals surface area contributed by atoms with Gasteiger partial charge in [0.25, 0.3) is 0 Å². The number of ether oxygens (including phenoxy) is 2. The summed E-state index contributed by atoms with van der Waals surface area (Å²) in [4.78, 5) is 31.7. The van der Waals surface area contributed by atoms with Gasteiger partial charge in [0, 0.05) is 93.4 Å². The summed E-state index contributed by atoms with van der Waals surface area (Å²) in [5, 5.41) is 22.2. The number of aromatic nitrogens is 2. The van der Waals surface area contributed by atoms with Crippen LogP contribution in [0.2, 0.25) is 0 Å². The molecular weight excluding hydrogens is 757 g/mol. The van der Waals surface area contributed by atoms with Gasteiger partial charge < -0.3 is 44.4 Å². The molecule has 2 aliphatic rings. The third kappa shape index (κ3) is 9.08. The quantitative estimate of drug-likeness (QED) is 0.102. The zero-order valence-corrected chi connectivity index (χ0v) is 33.8. The molecule has 1 amide bonds. The Bertz CT molecular complexity index is 2530. The standard InChI is InChI=1S/C23H25FN4O2.C22H24FN3O3/c1-14-5-4-6-20-22(14)18(23(30)26-20)12-25-16-7-8-21(19(24)11-16)28-10-9-17(13-28)27(3)15(2)29;1-14-4-3-5-18-21(14)16(22(27)25-18)13-24-15-6-7-19(17(23)12-15)26(2)9-8-20-28-10-11-29-20/h4-8,11-12,17,26,30H,9-10,13H2,1-3H3;3-7,12-13,20,25,27H,8-11H2,1-2H3. The molecule has 0 spiro atoms. The molecule has 4 aromatic carbocycles. The van der Waals surface area contributed by atoms with Gasteiger partial charge >= 0.3 is 0 Å². The van der Waals surface area contributed by atoms with Crippen LogP contribution in [0.4, 0.5) is 31.5 Å². The van der Waals surface area contributed by atoms with E-state index >= 15 is 0 Å². The number of amides is 1. The van der Waals surface area contributed by atoms with Crippen molar-refractivity contribution >= 4 is 62.9 Å². The lowest BCUT2D eigenvalue weighted by Crippen LogP contribution is -2.37. The highest BCUT2D eigenvalue weighted by molar-refractivity contribution is 6.05. The Hall–Kier alpha value is -6.25. The number of aromatic hydroxyl groups is 2. The smallest absolute Gasteiger partial charge is 0.219 e. The van der Waals surface area contributed by atoms with Crippen LogP contribution in [0.1, 0.15) is 42.0 Å². The largest absolute Gasteiger partial charge is 0.494 e. The number of likely N-dealkylation sites (N-methyl/N-ethyl adjacent to an activating group) is 1. The fourth-order valence-electron chi connectivity index (χ4n) is 7.66. The Kier molecular flexibility index (Phi) is 12.3. The number of rotatable bonds is 10. The van der Waals surface area contributed by atoms with Gasteiger partial charge in [0.2, 0.25) is 5.91 Å². The predicted molar refractivity (Wildman–Crippen MR) is 229 cm³/mol. The SMILES string of the molecule is CC(=O)N(C)C1CCN(c2ccc(N=Cc3c(O)[nH]c4cccc(C)c34)cc2F)C1.Cc1cccc2[nH]c(O)c(C=Nc3ccc(N(C)CCC4OCCO4)c(F)c3)c12. The molecule has 59 heavy (non-hydrogen) atoms. The van der Waals surface area contributed by atoms with Crippen molar-refractivity contribution in [2.75, 3.05) is 56.7 Å². The minimum atomic E-state index is -0.352. The summed E-state index contributed by atoms with van der Waals surface area (Å²) in [5.41, 5.74) is 6.84. The first kappa shape index (κ1) is 40.9. The van der Waals surface area contributed by atoms with Crippen LogP contribution in [-0.4, -0.2) is 103 Å². The number of halogens is 2. The second-order valence-electron chi connectivity index (χ2n) is 15.0. The van der Waals surface area contributed by atoms with Crippen LogP contribution in [0.15, 0.2) is 82.8 Å². The van der Waals surface area contributed by atoms with Crippen LogP contribution < -0.4 is 9.80 Å². The van der Waals surface area contributed by atoms with Crippen LogP contribution in [0.25, 0.3) is 21.8 Å². The van der Waals surface area contributed by atoms with E-state index in [1.165, 1.54) is 12.1 Å². The molecule has 2 fully saturated rings. The molecule has 1 atom stereocenters. The molecule has 0 saturated carbocycles. The van der Waals surface area contributed by atoms with E-state index in [9.17, 15) is 23.8 Å². The number of anilines is 2. The second kappa shape index (κ2) is 17.7. The molecule has 8 rings (SSSR count). The normalized spacial score (nSPS) is 15.8. The zero-order valence-electron chi connectivity index (χ0n) is 33.8. The first-order valence-electron chi connectivity index (χ1n) is 19.6. The number of carbonyl (C=O) groups is 1. The Balaban J connectivity index is 0.000000179. The number of aromatic amines is 2. The van der Waals surface area contributed by atoms with Crippen LogP contribution in [0, 0.1) is 25.5 Å². The van der Waals surface area contributed by atoms with Crippen molar-refractivity contribution in [3.8, 4) is 11.8 Å². The highest BCUT2D eigenvalue weighted by Gasteiger charge is 2.28. The summed E-state index contributed by atoms with van der Waals surface area (Å²) in [6, 6.07) is 21.4. The van der Waals surface area contributed by atoms with E-state index < -0.39 is 0 Å². The minimum Gasteiger partial charge on any atom is -0.494 e. The van der Waals surface area contributed by atoms with Crippen molar-refractivity contribution in [2.24, 2.45) is 9.98 Å². The number of hydrogen-bond donors (Lipinski definition) is 4. The Morgan fingerprint density at radius 1 is 0.847 bits per heavy atom. The van der Waals surface area contributed by atoms with Crippen molar-refractivity contribution in [1.29, 1.82) is 0 Å². The molecule has 12 nitrogen and oxygen atoms in total. The maximum Gasteiger partial charge on any atom is 0.219 e. The monoisotopic (exact) mass is 805 g/mol. The van der Waals surface area contributed by atoms with E-state index in [4.69, 9.17) is 9.47 Å². The maximum atomic E-state index is 14.8. The highest BCUT2D eigenvalue weighted by Crippen LogP contribution is 2.32. The van der Waals surface area contributed by atoms with Gasteiger partial charge in [-0.05, 0) is 67.8 Å². The molecule has 2 aromatic heterocycles. The van der Waals surface area contributed by atoms with Crippen LogP contribution >= 0.6 is 0 Å². The van der Waals surface area contributed by atoms with Crippen molar-refractivity contribution in [2.45, 2.75) is 45.9 Å². The van der Waals surface area contributed by atoms with E-state index in [1.807, 2.05) is 67.1 Å². The molecule has 0 aliphatic carbocycles. The van der Waals surface area contributed by atoms with Crippen molar-refractivity contribution in [1.82, 2.24) is 14.9 Å². The van der Waals surface area contributed by atoms with Crippen molar-refractivity contribution in [3.05, 3.63) is 107 Å². The summed E-state index contributed by atoms with van der Waals surface area (Å²) in [6.45, 7) is 8.63. The third-order valence-electron chi connectivity index (χ3n) is 11.0. The maximum absolute atomic E-state index is 14.8. The molecule has 4 heterocycles. The molecule has 0 bridgehead atoms. The van der Waals surface area contributed by atoms with Crippen LogP contribution in [0.5, 0.6) is 11.8 Å². The summed E-state index contributed by atoms with van der Waals surface area (Å²) in [5.74, 6) is -0.600. The number of nitrogens with one attached hydrogen (secondary N) is 2. The fraction of sp³-hybridized carbons (Fsp3) is 0.311. The summed E-state index contributed by atoms with van der Waals surface area (Å²) >= 11 is 0. The van der Waals surface area contributed by atoms with E-state index in [-0.39, 0.29) is 41.6 Å². The van der Waals surface area contributed by atoms with Crippen molar-refractivity contribution in [3.63, 3.8) is 0 Å². The third-order valence-corrected chi connectivity index (χ3v) is 11.0. The average molecular weight is 806 g/mol. The molecule has 308 valence electrons. The van der Waals surface area contributed by atoms with Gasteiger partial charge in [-0.1, -0.05) is 24.3 Å². The Labute approximate surface area is 341 Å². The second-order valence-corrected chi connectivity index (χ2v) is 15.0. The number of aliphatic imine (C=N–C) groups is 2. The summed E-state index contributed by atoms with van der Waals surface area (Å²) in [6.07, 6.45) is 4.40. The lowest BCUT2D eigenvalue weighted by atomic mass is 10.1. The molecule has 2 saturated heterocycles. The number of aryl methyl sites for hydroxylation is 2. The highest BCUT2D eigenvalue weighted by atomic mass is 19.1. The van der Waals surface area contributed by atoms with E-state index in [0.717, 1.165) is 39.4 Å². The molecular formula is C45H49F2N7O5. The molecule has 6 aromatic rings. The van der Waals surface area contributed by atoms with Crippen LogP contribution in [-0.2, 0) is 14.3 Å². The number of nitrogens with zero attached hydrogens (tertiary/aromatic N) is 5. The number of hydrogen-bond acceptors (Lipinski definition) is 9. The lowest BCUT2D eigenvalue weighted by Gasteiger charge is -2.24. The number of benzene rings is 4. The van der Waals surface area contributed by atoms with Gasteiger partial charge in [-0.3, -0.25) is 14.8 Å². The van der Waals surface area contributed by atoms with E-state index in [2.05, 4.69) is 20.0 Å². The van der Waals surface area contributed by atoms with Gasteiger partial charge in [-0.15, -0.1) is 0 Å². The zero-order chi connectivity index (χ0) is 41.8. The van der Waals surface area contributed by atoms with Gasteiger partial charge in [-0.2, -0.15) is 0 Å². The van der Waals surface area contributed by atoms with Gasteiger partial charge in [-0.25, -0.2) is 8.78 Å². The van der Waals surface area contributed by atoms with Crippen molar-refractivity contribution < 1.29 is 33.3 Å². The lowest BCUT2D eigenvalue weighted by molar-refractivity contribution is -0.129. The number of H-pyrrole nitrogens is 2. The Morgan fingerprint density at radius 2 is 1.41 bits per heavy atom. The molecule has 2 aliphatic heterocycles. The average Bonchev–Trinajstić information content (AvgIpc) is 4.03.